The largest absolute Gasteiger partial charge is 0.331 e. The van der Waals surface area contributed by atoms with Gasteiger partial charge in [-0.05, 0) is 49.7 Å². The molecule has 0 aliphatic carbocycles. The molecule has 1 aliphatic heterocycles. The molecular formula is C20H24N6O. The smallest absolute Gasteiger partial charge is 0.319 e. The van der Waals surface area contributed by atoms with Gasteiger partial charge in [-0.2, -0.15) is 0 Å². The molecule has 7 nitrogen and oxygen atoms in total. The number of likely N-dealkylation sites (tertiary alicyclic amines) is 1. The summed E-state index contributed by atoms with van der Waals surface area (Å²) in [5, 5.41) is 14.1. The van der Waals surface area contributed by atoms with E-state index in [2.05, 4.69) is 31.8 Å². The third kappa shape index (κ3) is 4.25. The summed E-state index contributed by atoms with van der Waals surface area (Å²) in [6.45, 7) is 3.43. The summed E-state index contributed by atoms with van der Waals surface area (Å²) in [5.41, 5.74) is 2.76. The fourth-order valence-electron chi connectivity index (χ4n) is 3.48. The summed E-state index contributed by atoms with van der Waals surface area (Å²) < 4.78 is 1.87. The molecule has 2 aromatic heterocycles. The number of piperidine rings is 1. The van der Waals surface area contributed by atoms with Crippen LogP contribution < -0.4 is 10.6 Å². The Morgan fingerprint density at radius 1 is 1.00 bits per heavy atom. The Morgan fingerprint density at radius 2 is 1.81 bits per heavy atom. The summed E-state index contributed by atoms with van der Waals surface area (Å²) >= 11 is 0. The molecule has 1 saturated heterocycles. The highest BCUT2D eigenvalue weighted by Gasteiger charge is 2.14. The van der Waals surface area contributed by atoms with E-state index in [4.69, 9.17) is 0 Å². The number of carbonyl (C=O) groups is 1. The molecule has 0 saturated carbocycles. The van der Waals surface area contributed by atoms with Crippen molar-refractivity contribution in [3.63, 3.8) is 0 Å². The topological polar surface area (TPSA) is 74.6 Å². The van der Waals surface area contributed by atoms with Crippen LogP contribution in [0.1, 0.15) is 30.7 Å². The van der Waals surface area contributed by atoms with Gasteiger partial charge >= 0.3 is 6.03 Å². The van der Waals surface area contributed by atoms with Crippen LogP contribution in [0.2, 0.25) is 0 Å². The number of urea groups is 1. The lowest BCUT2D eigenvalue weighted by molar-refractivity contribution is 0.221. The molecule has 140 valence electrons. The summed E-state index contributed by atoms with van der Waals surface area (Å²) in [6, 6.07) is 13.5. The Morgan fingerprint density at radius 3 is 2.70 bits per heavy atom. The van der Waals surface area contributed by atoms with Gasteiger partial charge in [0.05, 0.1) is 6.54 Å². The predicted molar refractivity (Wildman–Crippen MR) is 104 cm³/mol. The number of rotatable bonds is 5. The van der Waals surface area contributed by atoms with Crippen LogP contribution in [0.5, 0.6) is 0 Å². The minimum atomic E-state index is -0.242. The molecule has 0 bridgehead atoms. The predicted octanol–water partition coefficient (Wildman–Crippen LogP) is 3.04. The highest BCUT2D eigenvalue weighted by molar-refractivity contribution is 5.90. The van der Waals surface area contributed by atoms with Gasteiger partial charge in [0.1, 0.15) is 0 Å². The number of anilines is 1. The number of benzene rings is 1. The summed E-state index contributed by atoms with van der Waals surface area (Å²) in [5.74, 6) is 0.697. The van der Waals surface area contributed by atoms with Crippen molar-refractivity contribution in [3.05, 3.63) is 60.0 Å². The number of amides is 2. The number of fused-ring (bicyclic) bond motifs is 1. The zero-order valence-electron chi connectivity index (χ0n) is 15.3. The van der Waals surface area contributed by atoms with Crippen molar-refractivity contribution >= 4 is 17.4 Å². The molecule has 4 rings (SSSR count). The minimum Gasteiger partial charge on any atom is -0.331 e. The van der Waals surface area contributed by atoms with Gasteiger partial charge in [-0.3, -0.25) is 9.30 Å². The minimum absolute atomic E-state index is 0.242. The van der Waals surface area contributed by atoms with Gasteiger partial charge in [-0.1, -0.05) is 30.7 Å². The second-order valence-corrected chi connectivity index (χ2v) is 6.85. The number of hydrogen-bond acceptors (Lipinski definition) is 4. The van der Waals surface area contributed by atoms with Crippen molar-refractivity contribution in [3.8, 4) is 0 Å². The van der Waals surface area contributed by atoms with Crippen LogP contribution in [0.25, 0.3) is 5.65 Å². The van der Waals surface area contributed by atoms with E-state index >= 15 is 0 Å². The van der Waals surface area contributed by atoms with E-state index in [0.29, 0.717) is 12.4 Å². The number of para-hydroxylation sites is 1. The summed E-state index contributed by atoms with van der Waals surface area (Å²) in [4.78, 5) is 14.8. The molecule has 0 atom stereocenters. The van der Waals surface area contributed by atoms with Crippen LogP contribution in [-0.2, 0) is 13.1 Å². The SMILES string of the molecule is O=C(NCc1nnc2ccccn12)Nc1ccccc1CN1CCCCC1. The lowest BCUT2D eigenvalue weighted by Gasteiger charge is -2.27. The number of nitrogens with one attached hydrogen (secondary N) is 2. The normalized spacial score (nSPS) is 15.0. The van der Waals surface area contributed by atoms with E-state index in [1.807, 2.05) is 47.0 Å². The van der Waals surface area contributed by atoms with E-state index < -0.39 is 0 Å². The first-order valence-corrected chi connectivity index (χ1v) is 9.43. The number of nitrogens with zero attached hydrogens (tertiary/aromatic N) is 4. The second kappa shape index (κ2) is 8.18. The zero-order chi connectivity index (χ0) is 18.5. The average molecular weight is 364 g/mol. The maximum Gasteiger partial charge on any atom is 0.319 e. The first-order valence-electron chi connectivity index (χ1n) is 9.43. The molecule has 1 fully saturated rings. The monoisotopic (exact) mass is 364 g/mol. The van der Waals surface area contributed by atoms with Gasteiger partial charge in [0, 0.05) is 18.4 Å². The average Bonchev–Trinajstić information content (AvgIpc) is 3.12. The van der Waals surface area contributed by atoms with E-state index in [9.17, 15) is 4.79 Å². The maximum atomic E-state index is 12.4. The van der Waals surface area contributed by atoms with Gasteiger partial charge in [-0.25, -0.2) is 4.79 Å². The van der Waals surface area contributed by atoms with Crippen LogP contribution in [0.4, 0.5) is 10.5 Å². The lowest BCUT2D eigenvalue weighted by Crippen LogP contribution is -2.31. The molecule has 0 unspecified atom stereocenters. The van der Waals surface area contributed by atoms with Gasteiger partial charge in [0.15, 0.2) is 11.5 Å². The number of pyridine rings is 1. The third-order valence-electron chi connectivity index (χ3n) is 4.90. The first-order chi connectivity index (χ1) is 13.3. The van der Waals surface area contributed by atoms with Crippen LogP contribution in [0.3, 0.4) is 0 Å². The van der Waals surface area contributed by atoms with Crippen molar-refractivity contribution in [2.45, 2.75) is 32.4 Å². The zero-order valence-corrected chi connectivity index (χ0v) is 15.3. The summed E-state index contributed by atoms with van der Waals surface area (Å²) in [6.07, 6.45) is 5.71. The van der Waals surface area contributed by atoms with Gasteiger partial charge in [0.25, 0.3) is 0 Å². The molecule has 0 radical (unpaired) electrons. The first kappa shape index (κ1) is 17.5. The Kier molecular flexibility index (Phi) is 5.29. The Hall–Kier alpha value is -2.93. The lowest BCUT2D eigenvalue weighted by atomic mass is 10.1. The van der Waals surface area contributed by atoms with Crippen molar-refractivity contribution in [1.82, 2.24) is 24.8 Å². The summed E-state index contributed by atoms with van der Waals surface area (Å²) in [7, 11) is 0. The molecule has 0 spiro atoms. The third-order valence-corrected chi connectivity index (χ3v) is 4.90. The standard InChI is InChI=1S/C20H24N6O/c27-20(21-14-19-24-23-18-10-4-7-13-26(18)19)22-17-9-3-2-8-16(17)15-25-11-5-1-6-12-25/h2-4,7-10,13H,1,5-6,11-12,14-15H2,(H2,21,22,27). The van der Waals surface area contributed by atoms with Crippen molar-refractivity contribution in [1.29, 1.82) is 0 Å². The van der Waals surface area contributed by atoms with Crippen molar-refractivity contribution < 1.29 is 4.79 Å². The quantitative estimate of drug-likeness (QED) is 0.730. The van der Waals surface area contributed by atoms with Gasteiger partial charge < -0.3 is 10.6 Å². The Bertz CT molecular complexity index is 915. The van der Waals surface area contributed by atoms with Gasteiger partial charge in [0.2, 0.25) is 0 Å². The molecule has 1 aromatic carbocycles. The number of carbonyl (C=O) groups excluding carboxylic acids is 1. The Balaban J connectivity index is 1.38. The van der Waals surface area contributed by atoms with E-state index in [1.54, 1.807) is 0 Å². The van der Waals surface area contributed by atoms with Gasteiger partial charge in [-0.15, -0.1) is 10.2 Å². The maximum absolute atomic E-state index is 12.4. The molecular weight excluding hydrogens is 340 g/mol. The number of aromatic nitrogens is 3. The molecule has 7 heteroatoms. The van der Waals surface area contributed by atoms with Crippen LogP contribution in [0.15, 0.2) is 48.7 Å². The Labute approximate surface area is 158 Å². The van der Waals surface area contributed by atoms with Crippen LogP contribution >= 0.6 is 0 Å². The molecule has 3 heterocycles. The van der Waals surface area contributed by atoms with Crippen LogP contribution in [-0.4, -0.2) is 38.6 Å². The molecule has 27 heavy (non-hydrogen) atoms. The second-order valence-electron chi connectivity index (χ2n) is 6.85. The molecule has 1 aliphatic rings. The van der Waals surface area contributed by atoms with E-state index in [-0.39, 0.29) is 6.03 Å². The van der Waals surface area contributed by atoms with E-state index in [0.717, 1.165) is 36.5 Å². The number of hydrogen-bond donors (Lipinski definition) is 2. The fourth-order valence-corrected chi connectivity index (χ4v) is 3.48. The highest BCUT2D eigenvalue weighted by atomic mass is 16.2. The van der Waals surface area contributed by atoms with Crippen molar-refractivity contribution in [2.75, 3.05) is 18.4 Å². The fraction of sp³-hybridized carbons (Fsp3) is 0.350. The molecule has 3 aromatic rings. The van der Waals surface area contributed by atoms with Crippen LogP contribution in [0, 0.1) is 0 Å². The molecule has 2 amide bonds. The van der Waals surface area contributed by atoms with Crippen molar-refractivity contribution in [2.24, 2.45) is 0 Å². The highest BCUT2D eigenvalue weighted by Crippen LogP contribution is 2.19. The van der Waals surface area contributed by atoms with E-state index in [1.165, 1.54) is 19.3 Å². The molecule has 2 N–H and O–H groups in total.